The van der Waals surface area contributed by atoms with Gasteiger partial charge in [0.2, 0.25) is 0 Å². The molecule has 1 N–H and O–H groups in total. The van der Waals surface area contributed by atoms with Gasteiger partial charge in [-0.3, -0.25) is 5.10 Å². The third-order valence-corrected chi connectivity index (χ3v) is 2.82. The number of ether oxygens (including phenoxy) is 3. The van der Waals surface area contributed by atoms with Gasteiger partial charge in [0, 0.05) is 5.56 Å². The summed E-state index contributed by atoms with van der Waals surface area (Å²) in [6.45, 7) is 4.93. The normalized spacial score (nSPS) is 10.2. The highest BCUT2D eigenvalue weighted by atomic mass is 16.5. The molecule has 0 aliphatic rings. The summed E-state index contributed by atoms with van der Waals surface area (Å²) in [6.07, 6.45) is 0. The molecule has 21 heavy (non-hydrogen) atoms. The Kier molecular flexibility index (Phi) is 4.81. The number of nitrogens with zero attached hydrogens (tertiary/aromatic N) is 1. The quantitative estimate of drug-likeness (QED) is 0.828. The van der Waals surface area contributed by atoms with Crippen molar-refractivity contribution in [3.63, 3.8) is 0 Å². The molecule has 2 rings (SSSR count). The van der Waals surface area contributed by atoms with E-state index in [-0.39, 0.29) is 0 Å². The van der Waals surface area contributed by atoms with Crippen LogP contribution < -0.4 is 9.47 Å². The van der Waals surface area contributed by atoms with E-state index < -0.39 is 5.97 Å². The molecule has 0 amide bonds. The number of H-pyrrole nitrogens is 1. The van der Waals surface area contributed by atoms with Gasteiger partial charge >= 0.3 is 5.97 Å². The molecule has 2 aromatic rings. The van der Waals surface area contributed by atoms with Crippen molar-refractivity contribution in [2.24, 2.45) is 0 Å². The molecule has 0 spiro atoms. The van der Waals surface area contributed by atoms with E-state index in [9.17, 15) is 4.79 Å². The lowest BCUT2D eigenvalue weighted by molar-refractivity contribution is 0.0594. The van der Waals surface area contributed by atoms with Gasteiger partial charge in [-0.15, -0.1) is 0 Å². The molecule has 0 aliphatic heterocycles. The first-order valence-corrected chi connectivity index (χ1v) is 6.73. The predicted octanol–water partition coefficient (Wildman–Crippen LogP) is 2.66. The molecule has 6 heteroatoms. The Morgan fingerprint density at radius 2 is 1.86 bits per heavy atom. The Balaban J connectivity index is 2.33. The summed E-state index contributed by atoms with van der Waals surface area (Å²) in [5.41, 5.74) is 1.77. The largest absolute Gasteiger partial charge is 0.490 e. The van der Waals surface area contributed by atoms with E-state index in [1.165, 1.54) is 7.11 Å². The van der Waals surface area contributed by atoms with Crippen molar-refractivity contribution in [1.82, 2.24) is 10.2 Å². The maximum Gasteiger partial charge on any atom is 0.356 e. The lowest BCUT2D eigenvalue weighted by atomic mass is 10.1. The molecular formula is C15H18N2O4. The Labute approximate surface area is 123 Å². The molecule has 1 aromatic heterocycles. The maximum absolute atomic E-state index is 11.4. The minimum absolute atomic E-state index is 0.305. The van der Waals surface area contributed by atoms with E-state index in [1.807, 2.05) is 32.0 Å². The summed E-state index contributed by atoms with van der Waals surface area (Å²) < 4.78 is 15.7. The molecule has 1 heterocycles. The topological polar surface area (TPSA) is 73.4 Å². The van der Waals surface area contributed by atoms with Crippen LogP contribution in [0.15, 0.2) is 24.3 Å². The van der Waals surface area contributed by atoms with E-state index >= 15 is 0 Å². The predicted molar refractivity (Wildman–Crippen MR) is 77.7 cm³/mol. The minimum atomic E-state index is -0.454. The number of aromatic nitrogens is 2. The SMILES string of the molecule is CCOc1ccc(-c2cc(C(=O)OC)[nH]n2)cc1OCC. The molecule has 6 nitrogen and oxygen atoms in total. The van der Waals surface area contributed by atoms with Crippen LogP contribution in [0.1, 0.15) is 24.3 Å². The monoisotopic (exact) mass is 290 g/mol. The molecule has 0 unspecified atom stereocenters. The number of benzene rings is 1. The van der Waals surface area contributed by atoms with Crippen LogP contribution in [0.5, 0.6) is 11.5 Å². The highest BCUT2D eigenvalue weighted by Crippen LogP contribution is 2.32. The smallest absolute Gasteiger partial charge is 0.356 e. The summed E-state index contributed by atoms with van der Waals surface area (Å²) in [4.78, 5) is 11.4. The Morgan fingerprint density at radius 3 is 2.52 bits per heavy atom. The van der Waals surface area contributed by atoms with Crippen LogP contribution in [-0.4, -0.2) is 36.5 Å². The summed E-state index contributed by atoms with van der Waals surface area (Å²) >= 11 is 0. The second kappa shape index (κ2) is 6.78. The van der Waals surface area contributed by atoms with Crippen LogP contribution in [0.3, 0.4) is 0 Å². The van der Waals surface area contributed by atoms with Crippen molar-refractivity contribution in [2.75, 3.05) is 20.3 Å². The zero-order valence-electron chi connectivity index (χ0n) is 12.3. The Bertz CT molecular complexity index is 622. The molecule has 1 aromatic carbocycles. The van der Waals surface area contributed by atoms with Crippen molar-refractivity contribution in [2.45, 2.75) is 13.8 Å². The molecule has 0 saturated heterocycles. The van der Waals surface area contributed by atoms with Gasteiger partial charge in [0.25, 0.3) is 0 Å². The Hall–Kier alpha value is -2.50. The number of carbonyl (C=O) groups excluding carboxylic acids is 1. The summed E-state index contributed by atoms with van der Waals surface area (Å²) in [7, 11) is 1.33. The van der Waals surface area contributed by atoms with Gasteiger partial charge in [0.05, 0.1) is 26.0 Å². The highest BCUT2D eigenvalue weighted by molar-refractivity contribution is 5.88. The van der Waals surface area contributed by atoms with Gasteiger partial charge in [-0.2, -0.15) is 5.10 Å². The third kappa shape index (κ3) is 3.34. The first-order valence-electron chi connectivity index (χ1n) is 6.73. The van der Waals surface area contributed by atoms with Gasteiger partial charge in [-0.1, -0.05) is 0 Å². The fraction of sp³-hybridized carbons (Fsp3) is 0.333. The number of aromatic amines is 1. The number of hydrogen-bond donors (Lipinski definition) is 1. The van der Waals surface area contributed by atoms with Crippen LogP contribution >= 0.6 is 0 Å². The van der Waals surface area contributed by atoms with Crippen molar-refractivity contribution in [3.05, 3.63) is 30.0 Å². The minimum Gasteiger partial charge on any atom is -0.490 e. The van der Waals surface area contributed by atoms with Crippen molar-refractivity contribution in [3.8, 4) is 22.8 Å². The lowest BCUT2D eigenvalue weighted by Gasteiger charge is -2.11. The summed E-state index contributed by atoms with van der Waals surface area (Å²) in [6, 6.07) is 7.17. The van der Waals surface area contributed by atoms with Gasteiger partial charge in [-0.25, -0.2) is 4.79 Å². The van der Waals surface area contributed by atoms with Gasteiger partial charge in [0.1, 0.15) is 5.69 Å². The van der Waals surface area contributed by atoms with E-state index in [2.05, 4.69) is 14.9 Å². The molecule has 0 bridgehead atoms. The molecule has 0 fully saturated rings. The zero-order chi connectivity index (χ0) is 15.2. The number of methoxy groups -OCH3 is 1. The van der Waals surface area contributed by atoms with Crippen LogP contribution in [0.2, 0.25) is 0 Å². The number of carbonyl (C=O) groups is 1. The number of rotatable bonds is 6. The third-order valence-electron chi connectivity index (χ3n) is 2.82. The van der Waals surface area contributed by atoms with Gasteiger partial charge in [0.15, 0.2) is 11.5 Å². The number of hydrogen-bond acceptors (Lipinski definition) is 5. The van der Waals surface area contributed by atoms with E-state index in [0.29, 0.717) is 36.1 Å². The van der Waals surface area contributed by atoms with Crippen molar-refractivity contribution < 1.29 is 19.0 Å². The molecular weight excluding hydrogens is 272 g/mol. The zero-order valence-corrected chi connectivity index (χ0v) is 12.3. The van der Waals surface area contributed by atoms with E-state index in [1.54, 1.807) is 6.07 Å². The maximum atomic E-state index is 11.4. The van der Waals surface area contributed by atoms with Gasteiger partial charge < -0.3 is 14.2 Å². The van der Waals surface area contributed by atoms with Crippen LogP contribution in [0.25, 0.3) is 11.3 Å². The van der Waals surface area contributed by atoms with Gasteiger partial charge in [-0.05, 0) is 38.1 Å². The van der Waals surface area contributed by atoms with Crippen LogP contribution in [0, 0.1) is 0 Å². The number of esters is 1. The highest BCUT2D eigenvalue weighted by Gasteiger charge is 2.13. The fourth-order valence-corrected chi connectivity index (χ4v) is 1.89. The molecule has 0 aliphatic carbocycles. The summed E-state index contributed by atoms with van der Waals surface area (Å²) in [5.74, 6) is 0.885. The molecule has 112 valence electrons. The number of nitrogens with one attached hydrogen (secondary N) is 1. The molecule has 0 saturated carbocycles. The average Bonchev–Trinajstić information content (AvgIpc) is 2.98. The first kappa shape index (κ1) is 14.9. The van der Waals surface area contributed by atoms with Crippen LogP contribution in [0.4, 0.5) is 0 Å². The van der Waals surface area contributed by atoms with E-state index in [4.69, 9.17) is 9.47 Å². The fourth-order valence-electron chi connectivity index (χ4n) is 1.89. The Morgan fingerprint density at radius 1 is 1.14 bits per heavy atom. The van der Waals surface area contributed by atoms with Crippen LogP contribution in [-0.2, 0) is 4.74 Å². The average molecular weight is 290 g/mol. The summed E-state index contributed by atoms with van der Waals surface area (Å²) in [5, 5.41) is 6.76. The van der Waals surface area contributed by atoms with Crippen molar-refractivity contribution >= 4 is 5.97 Å². The standard InChI is InChI=1S/C15H18N2O4/c1-4-20-13-7-6-10(8-14(13)21-5-2)11-9-12(17-16-11)15(18)19-3/h6-9H,4-5H2,1-3H3,(H,16,17). The molecule has 0 radical (unpaired) electrons. The second-order valence-corrected chi connectivity index (χ2v) is 4.19. The lowest BCUT2D eigenvalue weighted by Crippen LogP contribution is -2.00. The van der Waals surface area contributed by atoms with Crippen molar-refractivity contribution in [1.29, 1.82) is 0 Å². The van der Waals surface area contributed by atoms with E-state index in [0.717, 1.165) is 5.56 Å². The second-order valence-electron chi connectivity index (χ2n) is 4.19. The molecule has 0 atom stereocenters. The first-order chi connectivity index (χ1) is 10.2.